The Labute approximate surface area is 116 Å². The van der Waals surface area contributed by atoms with Crippen molar-refractivity contribution in [3.8, 4) is 0 Å². The van der Waals surface area contributed by atoms with Gasteiger partial charge in [0.05, 0.1) is 11.5 Å². The second kappa shape index (κ2) is 4.94. The molecule has 0 aromatic carbocycles. The molecule has 3 N–H and O–H groups in total. The van der Waals surface area contributed by atoms with Gasteiger partial charge in [-0.25, -0.2) is 4.98 Å². The van der Waals surface area contributed by atoms with Gasteiger partial charge in [0.25, 0.3) is 0 Å². The molecule has 19 heavy (non-hydrogen) atoms. The van der Waals surface area contributed by atoms with Crippen molar-refractivity contribution >= 4 is 33.3 Å². The second-order valence-electron chi connectivity index (χ2n) is 5.02. The summed E-state index contributed by atoms with van der Waals surface area (Å²) in [6.45, 7) is 2.07. The molecule has 2 unspecified atom stereocenters. The summed E-state index contributed by atoms with van der Waals surface area (Å²) in [6.07, 6.45) is 3.58. The van der Waals surface area contributed by atoms with E-state index in [-0.39, 0.29) is 0 Å². The van der Waals surface area contributed by atoms with E-state index in [1.807, 2.05) is 0 Å². The Morgan fingerprint density at radius 2 is 2.26 bits per heavy atom. The molecule has 0 radical (unpaired) electrons. The standard InChI is InChI=1S/C13H18N4OS/c1-7-5-10-11(16-13(14)17-12(10)19-7)15-8-3-4-9(6-8)18-2/h5,8-9H,3-4,6H2,1-2H3,(H3,14,15,16,17). The van der Waals surface area contributed by atoms with Crippen molar-refractivity contribution in [1.29, 1.82) is 0 Å². The number of aryl methyl sites for hydroxylation is 1. The van der Waals surface area contributed by atoms with Gasteiger partial charge in [-0.2, -0.15) is 4.98 Å². The molecule has 2 atom stereocenters. The number of nitrogens with two attached hydrogens (primary N) is 1. The fourth-order valence-electron chi connectivity index (χ4n) is 2.65. The number of rotatable bonds is 3. The molecule has 2 aromatic heterocycles. The zero-order valence-corrected chi connectivity index (χ0v) is 12.0. The van der Waals surface area contributed by atoms with Gasteiger partial charge in [0, 0.05) is 18.0 Å². The highest BCUT2D eigenvalue weighted by Gasteiger charge is 2.25. The highest BCUT2D eigenvalue weighted by molar-refractivity contribution is 7.18. The first-order valence-corrected chi connectivity index (χ1v) is 7.30. The van der Waals surface area contributed by atoms with Crippen LogP contribution in [0.4, 0.5) is 11.8 Å². The molecule has 0 spiro atoms. The van der Waals surface area contributed by atoms with E-state index in [9.17, 15) is 0 Å². The van der Waals surface area contributed by atoms with Crippen molar-refractivity contribution in [3.63, 3.8) is 0 Å². The van der Waals surface area contributed by atoms with E-state index >= 15 is 0 Å². The summed E-state index contributed by atoms with van der Waals surface area (Å²) in [5.74, 6) is 1.19. The van der Waals surface area contributed by atoms with Gasteiger partial charge in [-0.1, -0.05) is 0 Å². The van der Waals surface area contributed by atoms with E-state index in [1.54, 1.807) is 18.4 Å². The lowest BCUT2D eigenvalue weighted by molar-refractivity contribution is 0.108. The van der Waals surface area contributed by atoms with E-state index in [2.05, 4.69) is 28.3 Å². The largest absolute Gasteiger partial charge is 0.381 e. The number of hydrogen-bond donors (Lipinski definition) is 2. The quantitative estimate of drug-likeness (QED) is 0.902. The Balaban J connectivity index is 1.88. The van der Waals surface area contributed by atoms with E-state index in [1.165, 1.54) is 4.88 Å². The van der Waals surface area contributed by atoms with Crippen molar-refractivity contribution in [2.75, 3.05) is 18.2 Å². The predicted octanol–water partition coefficient (Wildman–Crippen LogP) is 2.56. The maximum absolute atomic E-state index is 5.78. The Morgan fingerprint density at radius 1 is 1.42 bits per heavy atom. The third-order valence-electron chi connectivity index (χ3n) is 3.59. The number of ether oxygens (including phenoxy) is 1. The fraction of sp³-hybridized carbons (Fsp3) is 0.538. The zero-order valence-electron chi connectivity index (χ0n) is 11.1. The second-order valence-corrected chi connectivity index (χ2v) is 6.25. The number of methoxy groups -OCH3 is 1. The monoisotopic (exact) mass is 278 g/mol. The van der Waals surface area contributed by atoms with Crippen LogP contribution in [-0.2, 0) is 4.74 Å². The molecular formula is C13H18N4OS. The molecule has 102 valence electrons. The SMILES string of the molecule is COC1CCC(Nc2nc(N)nc3sc(C)cc23)C1. The zero-order chi connectivity index (χ0) is 13.4. The van der Waals surface area contributed by atoms with Crippen LogP contribution in [0.3, 0.4) is 0 Å². The van der Waals surface area contributed by atoms with Crippen LogP contribution in [0.25, 0.3) is 10.2 Å². The van der Waals surface area contributed by atoms with E-state index in [0.29, 0.717) is 18.1 Å². The van der Waals surface area contributed by atoms with E-state index < -0.39 is 0 Å². The van der Waals surface area contributed by atoms with Gasteiger partial charge in [0.1, 0.15) is 10.6 Å². The summed E-state index contributed by atoms with van der Waals surface area (Å²) in [4.78, 5) is 10.8. The maximum atomic E-state index is 5.78. The molecule has 0 amide bonds. The van der Waals surface area contributed by atoms with Crippen LogP contribution in [0.2, 0.25) is 0 Å². The Bertz CT molecular complexity index is 598. The molecule has 0 aliphatic heterocycles. The number of thiophene rings is 1. The molecule has 1 saturated carbocycles. The maximum Gasteiger partial charge on any atom is 0.223 e. The minimum atomic E-state index is 0.332. The molecule has 2 heterocycles. The number of nitrogen functional groups attached to an aromatic ring is 1. The topological polar surface area (TPSA) is 73.1 Å². The molecule has 2 aromatic rings. The average molecular weight is 278 g/mol. The lowest BCUT2D eigenvalue weighted by Gasteiger charge is -2.14. The number of anilines is 2. The van der Waals surface area contributed by atoms with Crippen molar-refractivity contribution in [2.45, 2.75) is 38.3 Å². The lowest BCUT2D eigenvalue weighted by atomic mass is 10.2. The average Bonchev–Trinajstić information content (AvgIpc) is 2.94. The van der Waals surface area contributed by atoms with Crippen LogP contribution >= 0.6 is 11.3 Å². The third kappa shape index (κ3) is 2.50. The molecule has 1 aliphatic carbocycles. The normalized spacial score (nSPS) is 23.1. The van der Waals surface area contributed by atoms with Crippen molar-refractivity contribution < 1.29 is 4.74 Å². The smallest absolute Gasteiger partial charge is 0.223 e. The van der Waals surface area contributed by atoms with Crippen molar-refractivity contribution in [3.05, 3.63) is 10.9 Å². The summed E-state index contributed by atoms with van der Waals surface area (Å²) >= 11 is 1.65. The predicted molar refractivity (Wildman–Crippen MR) is 78.6 cm³/mol. The molecule has 0 bridgehead atoms. The third-order valence-corrected chi connectivity index (χ3v) is 4.54. The Hall–Kier alpha value is -1.40. The Kier molecular flexibility index (Phi) is 3.28. The van der Waals surface area contributed by atoms with Gasteiger partial charge in [-0.05, 0) is 32.3 Å². The van der Waals surface area contributed by atoms with Crippen molar-refractivity contribution in [1.82, 2.24) is 9.97 Å². The molecule has 1 aliphatic rings. The number of hydrogen-bond acceptors (Lipinski definition) is 6. The minimum absolute atomic E-state index is 0.332. The molecule has 5 nitrogen and oxygen atoms in total. The van der Waals surface area contributed by atoms with Crippen LogP contribution < -0.4 is 11.1 Å². The lowest BCUT2D eigenvalue weighted by Crippen LogP contribution is -2.18. The first kappa shape index (κ1) is 12.6. The van der Waals surface area contributed by atoms with Gasteiger partial charge in [-0.15, -0.1) is 11.3 Å². The van der Waals surface area contributed by atoms with Gasteiger partial charge in [0.15, 0.2) is 0 Å². The summed E-state index contributed by atoms with van der Waals surface area (Å²) < 4.78 is 5.40. The van der Waals surface area contributed by atoms with Crippen LogP contribution in [0.1, 0.15) is 24.1 Å². The highest BCUT2D eigenvalue weighted by Crippen LogP contribution is 2.31. The van der Waals surface area contributed by atoms with Crippen LogP contribution in [0.5, 0.6) is 0 Å². The molecule has 1 fully saturated rings. The van der Waals surface area contributed by atoms with Crippen LogP contribution in [0.15, 0.2) is 6.07 Å². The summed E-state index contributed by atoms with van der Waals surface area (Å²) in [5.41, 5.74) is 5.78. The van der Waals surface area contributed by atoms with E-state index in [4.69, 9.17) is 10.5 Å². The van der Waals surface area contributed by atoms with E-state index in [0.717, 1.165) is 35.3 Å². The van der Waals surface area contributed by atoms with Crippen molar-refractivity contribution in [2.24, 2.45) is 0 Å². The minimum Gasteiger partial charge on any atom is -0.381 e. The number of fused-ring (bicyclic) bond motifs is 1. The Morgan fingerprint density at radius 3 is 3.00 bits per heavy atom. The molecular weight excluding hydrogens is 260 g/mol. The van der Waals surface area contributed by atoms with Crippen LogP contribution in [-0.4, -0.2) is 29.2 Å². The molecule has 3 rings (SSSR count). The number of nitrogens with one attached hydrogen (secondary N) is 1. The number of nitrogens with zero attached hydrogens (tertiary/aromatic N) is 2. The molecule has 0 saturated heterocycles. The van der Waals surface area contributed by atoms with Gasteiger partial charge in [0.2, 0.25) is 5.95 Å². The van der Waals surface area contributed by atoms with Gasteiger partial charge in [-0.3, -0.25) is 0 Å². The first-order valence-electron chi connectivity index (χ1n) is 6.48. The summed E-state index contributed by atoms with van der Waals surface area (Å²) in [7, 11) is 1.77. The number of aromatic nitrogens is 2. The summed E-state index contributed by atoms with van der Waals surface area (Å²) in [5, 5.41) is 4.57. The van der Waals surface area contributed by atoms with Gasteiger partial charge < -0.3 is 15.8 Å². The summed E-state index contributed by atoms with van der Waals surface area (Å²) in [6, 6.07) is 2.52. The van der Waals surface area contributed by atoms with Gasteiger partial charge >= 0.3 is 0 Å². The molecule has 6 heteroatoms. The highest BCUT2D eigenvalue weighted by atomic mass is 32.1. The first-order chi connectivity index (χ1) is 9.15. The fourth-order valence-corrected chi connectivity index (χ4v) is 3.53. The van der Waals surface area contributed by atoms with Crippen LogP contribution in [0, 0.1) is 6.92 Å².